The highest BCUT2D eigenvalue weighted by Gasteiger charge is 2.15. The van der Waals surface area contributed by atoms with Crippen molar-refractivity contribution in [1.82, 2.24) is 4.37 Å². The summed E-state index contributed by atoms with van der Waals surface area (Å²) in [6.45, 7) is 0. The second-order valence-corrected chi connectivity index (χ2v) is 3.45. The maximum atomic E-state index is 10.8. The fourth-order valence-electron chi connectivity index (χ4n) is 0.492. The molecular weight excluding hydrogens is 206 g/mol. The first kappa shape index (κ1) is 8.59. The van der Waals surface area contributed by atoms with Crippen molar-refractivity contribution < 1.29 is 3.82 Å². The first-order chi connectivity index (χ1) is 5.25. The van der Waals surface area contributed by atoms with Gasteiger partial charge < -0.3 is 0 Å². The highest BCUT2D eigenvalue weighted by molar-refractivity contribution is 8.02. The minimum Gasteiger partial charge on any atom is -0.185 e. The van der Waals surface area contributed by atoms with Gasteiger partial charge in [0.1, 0.15) is 5.40 Å². The number of nitrogens with zero attached hydrogens (tertiary/aromatic N) is 2. The quantitative estimate of drug-likeness (QED) is 0.590. The Morgan fingerprint density at radius 2 is 2.64 bits per heavy atom. The molecule has 58 valence electrons. The molecule has 0 atom stereocenters. The molecule has 1 aromatic heterocycles. The zero-order chi connectivity index (χ0) is 8.27. The maximum absolute atomic E-state index is 10.8. The molecule has 0 radical (unpaired) electrons. The van der Waals surface area contributed by atoms with E-state index >= 15 is 0 Å². The number of nitriles is 1. The summed E-state index contributed by atoms with van der Waals surface area (Å²) in [6, 6.07) is 0. The molecule has 0 saturated carbocycles. The molecule has 0 aliphatic carbocycles. The van der Waals surface area contributed by atoms with Crippen LogP contribution in [-0.4, -0.2) is 4.37 Å². The average Bonchev–Trinajstić information content (AvgIpc) is 2.29. The summed E-state index contributed by atoms with van der Waals surface area (Å²) in [5.41, 5.74) is 0.406. The largest absolute Gasteiger partial charge is 0.276 e. The minimum absolute atomic E-state index is 0.313. The van der Waals surface area contributed by atoms with Crippen molar-refractivity contribution in [1.29, 1.82) is 5.26 Å². The van der Waals surface area contributed by atoms with Crippen LogP contribution in [0, 0.1) is 15.6 Å². The smallest absolute Gasteiger partial charge is 0.185 e. The second-order valence-electron chi connectivity index (χ2n) is 1.59. The normalized spacial score (nSPS) is 9.45. The van der Waals surface area contributed by atoms with Gasteiger partial charge >= 0.3 is 0 Å². The molecule has 0 spiro atoms. The third kappa shape index (κ3) is 1.96. The predicted octanol–water partition coefficient (Wildman–Crippen LogP) is 1.36. The van der Waals surface area contributed by atoms with Gasteiger partial charge in [-0.1, -0.05) is 0 Å². The van der Waals surface area contributed by atoms with E-state index in [2.05, 4.69) is 4.37 Å². The molecule has 1 aromatic rings. The fraction of sp³-hybridized carbons (Fsp3) is 0.250. The number of aromatic nitrogens is 2. The highest BCUT2D eigenvalue weighted by atomic mass is 35.5. The third-order valence-electron chi connectivity index (χ3n) is 0.965. The van der Waals surface area contributed by atoms with Crippen molar-refractivity contribution in [3.05, 3.63) is 15.8 Å². The number of H-pyrrole nitrogens is 1. The lowest BCUT2D eigenvalue weighted by Gasteiger charge is -1.79. The zero-order valence-corrected chi connectivity index (χ0v) is 7.59. The van der Waals surface area contributed by atoms with Gasteiger partial charge in [0.2, 0.25) is 5.69 Å². The number of nitrogens with one attached hydrogen (secondary N) is 1. The fourth-order valence-corrected chi connectivity index (χ4v) is 1.96. The molecule has 0 aliphatic rings. The third-order valence-corrected chi connectivity index (χ3v) is 2.62. The first-order valence-corrected chi connectivity index (χ1v) is 4.69. The van der Waals surface area contributed by atoms with Crippen LogP contribution in [0.1, 0.15) is 5.69 Å². The summed E-state index contributed by atoms with van der Waals surface area (Å²) in [4.78, 5) is 10.8. The van der Waals surface area contributed by atoms with Gasteiger partial charge in [0.25, 0.3) is 16.9 Å². The Hall–Kier alpha value is -0.510. The summed E-state index contributed by atoms with van der Waals surface area (Å²) >= 11 is 7.44. The molecule has 11 heavy (non-hydrogen) atoms. The number of halogens is 1. The molecule has 4 nitrogen and oxygen atoms in total. The van der Waals surface area contributed by atoms with Crippen LogP contribution in [0.4, 0.5) is 0 Å². The van der Waals surface area contributed by atoms with E-state index in [1.54, 1.807) is 0 Å². The summed E-state index contributed by atoms with van der Waals surface area (Å²) in [5, 5.41) is 10.4. The Morgan fingerprint density at radius 3 is 3.09 bits per heavy atom. The second kappa shape index (κ2) is 3.76. The summed E-state index contributed by atoms with van der Waals surface area (Å²) in [6.07, 6.45) is 0. The van der Waals surface area contributed by atoms with Gasteiger partial charge in [-0.15, -0.1) is 0 Å². The molecular formula is C4H3ClN3OS2+. The number of rotatable bonds is 2. The van der Waals surface area contributed by atoms with Gasteiger partial charge in [-0.3, -0.25) is 0 Å². The highest BCUT2D eigenvalue weighted by Crippen LogP contribution is 2.15. The lowest BCUT2D eigenvalue weighted by molar-refractivity contribution is -0.423. The van der Waals surface area contributed by atoms with E-state index in [-0.39, 0.29) is 0 Å². The van der Waals surface area contributed by atoms with Crippen molar-refractivity contribution in [3.8, 4) is 5.40 Å². The van der Waals surface area contributed by atoms with E-state index in [9.17, 15) is 4.91 Å². The molecule has 0 bridgehead atoms. The molecule has 0 aromatic carbocycles. The monoisotopic (exact) mass is 208 g/mol. The van der Waals surface area contributed by atoms with Crippen LogP contribution in [0.5, 0.6) is 0 Å². The maximum Gasteiger partial charge on any atom is 0.276 e. The van der Waals surface area contributed by atoms with Crippen LogP contribution < -0.4 is 3.82 Å². The number of hydrogen-bond donors (Lipinski definition) is 1. The zero-order valence-electron chi connectivity index (χ0n) is 5.20. The SMILES string of the molecule is N#CSCc1c(Cl)[nH]s[n+]1=O. The number of thioether (sulfide) groups is 1. The summed E-state index contributed by atoms with van der Waals surface area (Å²) < 4.78 is 3.24. The minimum atomic E-state index is 0.313. The Kier molecular flexibility index (Phi) is 2.93. The van der Waals surface area contributed by atoms with Crippen molar-refractivity contribution in [2.24, 2.45) is 0 Å². The summed E-state index contributed by atoms with van der Waals surface area (Å²) in [5.74, 6) is 0.318. The molecule has 1 rings (SSSR count). The molecule has 0 amide bonds. The first-order valence-electron chi connectivity index (χ1n) is 2.55. The van der Waals surface area contributed by atoms with Crippen LogP contribution in [0.3, 0.4) is 0 Å². The molecule has 7 heteroatoms. The predicted molar refractivity (Wildman–Crippen MR) is 44.0 cm³/mol. The van der Waals surface area contributed by atoms with Crippen LogP contribution in [0.25, 0.3) is 0 Å². The van der Waals surface area contributed by atoms with Crippen LogP contribution in [-0.2, 0) is 5.75 Å². The van der Waals surface area contributed by atoms with Gasteiger partial charge in [-0.25, -0.2) is 0 Å². The van der Waals surface area contributed by atoms with Gasteiger partial charge in [-0.05, 0) is 28.3 Å². The van der Waals surface area contributed by atoms with E-state index in [1.807, 2.05) is 5.40 Å². The van der Waals surface area contributed by atoms with Gasteiger partial charge in [0.15, 0.2) is 0 Å². The standard InChI is InChI=1S/C4H3ClN3OS2/c5-4-3(1-10-2-6)8(9)11-7-4/h7H,1H2/q+1. The molecule has 0 fully saturated rings. The van der Waals surface area contributed by atoms with Gasteiger partial charge in [0.05, 0.1) is 9.57 Å². The van der Waals surface area contributed by atoms with Gasteiger partial charge in [0, 0.05) is 0 Å². The number of aromatic amines is 1. The van der Waals surface area contributed by atoms with E-state index in [1.165, 1.54) is 0 Å². The van der Waals surface area contributed by atoms with Crippen LogP contribution in [0.2, 0.25) is 5.15 Å². The van der Waals surface area contributed by atoms with Crippen molar-refractivity contribution in [3.63, 3.8) is 0 Å². The van der Waals surface area contributed by atoms with Gasteiger partial charge in [-0.2, -0.15) is 9.64 Å². The average molecular weight is 209 g/mol. The topological polar surface area (TPSA) is 62.6 Å². The van der Waals surface area contributed by atoms with E-state index in [0.29, 0.717) is 20.4 Å². The molecule has 0 unspecified atom stereocenters. The van der Waals surface area contributed by atoms with E-state index in [4.69, 9.17) is 16.9 Å². The number of hydrogen-bond acceptors (Lipinski definition) is 4. The number of thiocyanates is 1. The molecule has 1 heterocycles. The van der Waals surface area contributed by atoms with E-state index in [0.717, 1.165) is 23.5 Å². The van der Waals surface area contributed by atoms with Crippen molar-refractivity contribution in [2.45, 2.75) is 5.75 Å². The Bertz CT molecular complexity index is 338. The lowest BCUT2D eigenvalue weighted by Crippen LogP contribution is -2.11. The Balaban J connectivity index is 2.86. The van der Waals surface area contributed by atoms with Crippen molar-refractivity contribution in [2.75, 3.05) is 0 Å². The molecule has 1 N–H and O–H groups in total. The van der Waals surface area contributed by atoms with Crippen LogP contribution >= 0.6 is 35.1 Å². The Labute approximate surface area is 75.7 Å². The summed E-state index contributed by atoms with van der Waals surface area (Å²) in [7, 11) is 0. The molecule has 0 saturated heterocycles. The molecule has 0 aliphatic heterocycles. The van der Waals surface area contributed by atoms with Crippen molar-refractivity contribution >= 4 is 35.1 Å². The van der Waals surface area contributed by atoms with E-state index < -0.39 is 0 Å². The lowest BCUT2D eigenvalue weighted by atomic mass is 10.6. The van der Waals surface area contributed by atoms with Crippen LogP contribution in [0.15, 0.2) is 0 Å². The Morgan fingerprint density at radius 1 is 1.91 bits per heavy atom.